The summed E-state index contributed by atoms with van der Waals surface area (Å²) in [6.45, 7) is -0.203. The fraction of sp³-hybridized carbons (Fsp3) is 0.296. The molecule has 1 aliphatic carbocycles. The molecular formula is C27H28N2O6S. The molecule has 4 rings (SSSR count). The molecule has 0 unspecified atom stereocenters. The molecule has 0 saturated heterocycles. The van der Waals surface area contributed by atoms with Crippen LogP contribution in [0, 0.1) is 0 Å². The molecule has 8 nitrogen and oxygen atoms in total. The van der Waals surface area contributed by atoms with Crippen LogP contribution in [-0.4, -0.2) is 43.6 Å². The summed E-state index contributed by atoms with van der Waals surface area (Å²) in [5.74, 6) is 1.19. The summed E-state index contributed by atoms with van der Waals surface area (Å²) in [6.07, 6.45) is 4.43. The van der Waals surface area contributed by atoms with Gasteiger partial charge in [0.05, 0.1) is 50.1 Å². The average Bonchev–Trinajstić information content (AvgIpc) is 3.15. The Kier molecular flexibility index (Phi) is 7.81. The minimum absolute atomic E-state index is 0.125. The summed E-state index contributed by atoms with van der Waals surface area (Å²) in [7, 11) is 4.69. The molecule has 1 amide bonds. The number of benzene rings is 1. The SMILES string of the molecule is COc1cc2c(c(OC)c1OC)-c1ccc(SC)c(=O)cc1[C@@H](NC(=O)c1ccc(CO)nc1)CC2. The van der Waals surface area contributed by atoms with E-state index in [2.05, 4.69) is 10.3 Å². The van der Waals surface area contributed by atoms with Crippen LogP contribution in [0.2, 0.25) is 0 Å². The van der Waals surface area contributed by atoms with E-state index in [-0.39, 0.29) is 17.9 Å². The van der Waals surface area contributed by atoms with Crippen molar-refractivity contribution in [1.82, 2.24) is 10.3 Å². The van der Waals surface area contributed by atoms with Gasteiger partial charge in [-0.25, -0.2) is 0 Å². The van der Waals surface area contributed by atoms with Gasteiger partial charge in [-0.15, -0.1) is 11.8 Å². The van der Waals surface area contributed by atoms with Crippen LogP contribution in [0.3, 0.4) is 0 Å². The number of methoxy groups -OCH3 is 3. The Labute approximate surface area is 213 Å². The van der Waals surface area contributed by atoms with Crippen LogP contribution in [0.1, 0.15) is 39.6 Å². The monoisotopic (exact) mass is 508 g/mol. The number of aliphatic hydroxyl groups is 1. The Morgan fingerprint density at radius 1 is 1.11 bits per heavy atom. The first-order valence-corrected chi connectivity index (χ1v) is 12.6. The second kappa shape index (κ2) is 11.0. The standard InChI is InChI=1S/C27H28N2O6S/c1-33-22-11-15-6-9-20(29-27(32)16-5-7-17(14-30)28-13-16)19-12-21(31)23(36-4)10-8-18(19)24(15)26(35-3)25(22)34-2/h5,7-8,10-13,20,30H,6,9,14H2,1-4H3,(H,29,32)/t20-/m0/s1. The lowest BCUT2D eigenvalue weighted by Crippen LogP contribution is -2.29. The number of ether oxygens (including phenoxy) is 3. The van der Waals surface area contributed by atoms with E-state index in [1.807, 2.05) is 18.4 Å². The van der Waals surface area contributed by atoms with Crippen LogP contribution in [0.25, 0.3) is 11.1 Å². The van der Waals surface area contributed by atoms with Gasteiger partial charge in [0.25, 0.3) is 5.91 Å². The Bertz CT molecular complexity index is 1340. The summed E-state index contributed by atoms with van der Waals surface area (Å²) in [4.78, 5) is 30.9. The van der Waals surface area contributed by atoms with Crippen molar-refractivity contribution in [2.24, 2.45) is 0 Å². The largest absolute Gasteiger partial charge is 0.493 e. The van der Waals surface area contributed by atoms with Gasteiger partial charge in [0, 0.05) is 11.8 Å². The van der Waals surface area contributed by atoms with Gasteiger partial charge in [-0.2, -0.15) is 0 Å². The van der Waals surface area contributed by atoms with Crippen molar-refractivity contribution in [2.45, 2.75) is 30.4 Å². The summed E-state index contributed by atoms with van der Waals surface area (Å²) in [6, 6.07) is 10.00. The number of aromatic nitrogens is 1. The molecule has 0 radical (unpaired) electrons. The Morgan fingerprint density at radius 3 is 2.50 bits per heavy atom. The molecule has 2 N–H and O–H groups in total. The highest BCUT2D eigenvalue weighted by atomic mass is 32.2. The molecule has 0 saturated carbocycles. The molecular weight excluding hydrogens is 480 g/mol. The van der Waals surface area contributed by atoms with Crippen molar-refractivity contribution in [3.8, 4) is 28.4 Å². The van der Waals surface area contributed by atoms with Gasteiger partial charge < -0.3 is 24.6 Å². The Balaban J connectivity index is 1.90. The summed E-state index contributed by atoms with van der Waals surface area (Å²) < 4.78 is 17.0. The van der Waals surface area contributed by atoms with Gasteiger partial charge in [0.15, 0.2) is 16.9 Å². The molecule has 1 aromatic heterocycles. The van der Waals surface area contributed by atoms with Crippen molar-refractivity contribution in [2.75, 3.05) is 27.6 Å². The van der Waals surface area contributed by atoms with E-state index in [9.17, 15) is 14.7 Å². The molecule has 3 aromatic rings. The third kappa shape index (κ3) is 4.76. The van der Waals surface area contributed by atoms with Crippen LogP contribution < -0.4 is 25.0 Å². The maximum atomic E-state index is 13.2. The van der Waals surface area contributed by atoms with E-state index >= 15 is 0 Å². The highest BCUT2D eigenvalue weighted by Gasteiger charge is 2.30. The molecule has 188 valence electrons. The van der Waals surface area contributed by atoms with Crippen molar-refractivity contribution < 1.29 is 24.1 Å². The van der Waals surface area contributed by atoms with Gasteiger partial charge in [0.2, 0.25) is 5.75 Å². The number of carbonyl (C=O) groups excluding carboxylic acids is 1. The average molecular weight is 509 g/mol. The third-order valence-electron chi connectivity index (χ3n) is 6.27. The van der Waals surface area contributed by atoms with Crippen molar-refractivity contribution in [3.05, 3.63) is 75.2 Å². The lowest BCUT2D eigenvalue weighted by molar-refractivity contribution is 0.0934. The molecule has 1 aliphatic rings. The number of nitrogens with one attached hydrogen (secondary N) is 1. The lowest BCUT2D eigenvalue weighted by Gasteiger charge is -2.20. The van der Waals surface area contributed by atoms with Crippen LogP contribution in [0.5, 0.6) is 17.2 Å². The van der Waals surface area contributed by atoms with Gasteiger partial charge in [-0.05, 0) is 66.1 Å². The smallest absolute Gasteiger partial charge is 0.253 e. The van der Waals surface area contributed by atoms with Gasteiger partial charge in [-0.3, -0.25) is 14.6 Å². The Morgan fingerprint density at radius 2 is 1.89 bits per heavy atom. The topological polar surface area (TPSA) is 107 Å². The Hall–Kier alpha value is -3.56. The van der Waals surface area contributed by atoms with E-state index in [0.29, 0.717) is 51.8 Å². The highest BCUT2D eigenvalue weighted by Crippen LogP contribution is 2.50. The number of carbonyl (C=O) groups is 1. The fourth-order valence-corrected chi connectivity index (χ4v) is 4.97. The van der Waals surface area contributed by atoms with E-state index in [0.717, 1.165) is 16.7 Å². The van der Waals surface area contributed by atoms with E-state index in [1.165, 1.54) is 18.0 Å². The molecule has 1 atom stereocenters. The predicted octanol–water partition coefficient (Wildman–Crippen LogP) is 3.77. The number of hydrogen-bond donors (Lipinski definition) is 2. The van der Waals surface area contributed by atoms with E-state index in [4.69, 9.17) is 14.2 Å². The van der Waals surface area contributed by atoms with Crippen molar-refractivity contribution >= 4 is 17.7 Å². The molecule has 0 spiro atoms. The summed E-state index contributed by atoms with van der Waals surface area (Å²) >= 11 is 1.37. The molecule has 36 heavy (non-hydrogen) atoms. The predicted molar refractivity (Wildman–Crippen MR) is 138 cm³/mol. The first-order valence-electron chi connectivity index (χ1n) is 11.4. The second-order valence-electron chi connectivity index (χ2n) is 8.22. The zero-order valence-corrected chi connectivity index (χ0v) is 21.4. The second-order valence-corrected chi connectivity index (χ2v) is 9.07. The van der Waals surface area contributed by atoms with Gasteiger partial charge >= 0.3 is 0 Å². The number of pyridine rings is 1. The fourth-order valence-electron chi connectivity index (χ4n) is 4.51. The maximum Gasteiger partial charge on any atom is 0.253 e. The number of rotatable bonds is 7. The van der Waals surface area contributed by atoms with Crippen molar-refractivity contribution in [1.29, 1.82) is 0 Å². The van der Waals surface area contributed by atoms with Crippen LogP contribution in [0.4, 0.5) is 0 Å². The minimum Gasteiger partial charge on any atom is -0.493 e. The number of aryl methyl sites for hydroxylation is 1. The van der Waals surface area contributed by atoms with Gasteiger partial charge in [0.1, 0.15) is 0 Å². The van der Waals surface area contributed by atoms with Crippen LogP contribution in [-0.2, 0) is 13.0 Å². The number of nitrogens with zero attached hydrogens (tertiary/aromatic N) is 1. The molecule has 9 heteroatoms. The highest BCUT2D eigenvalue weighted by molar-refractivity contribution is 7.98. The third-order valence-corrected chi connectivity index (χ3v) is 7.05. The first kappa shape index (κ1) is 25.5. The van der Waals surface area contributed by atoms with E-state index < -0.39 is 6.04 Å². The maximum absolute atomic E-state index is 13.2. The zero-order chi connectivity index (χ0) is 25.8. The minimum atomic E-state index is -0.450. The number of amides is 1. The number of fused-ring (bicyclic) bond motifs is 3. The molecule has 0 bridgehead atoms. The summed E-state index contributed by atoms with van der Waals surface area (Å²) in [5.41, 5.74) is 3.95. The number of hydrogen-bond acceptors (Lipinski definition) is 8. The van der Waals surface area contributed by atoms with Crippen LogP contribution >= 0.6 is 11.8 Å². The zero-order valence-electron chi connectivity index (χ0n) is 20.6. The van der Waals surface area contributed by atoms with E-state index in [1.54, 1.807) is 45.6 Å². The number of thioether (sulfide) groups is 1. The molecule has 0 fully saturated rings. The number of aliphatic hydroxyl groups excluding tert-OH is 1. The molecule has 0 aliphatic heterocycles. The van der Waals surface area contributed by atoms with Crippen molar-refractivity contribution in [3.63, 3.8) is 0 Å². The van der Waals surface area contributed by atoms with Crippen LogP contribution in [0.15, 0.2) is 52.3 Å². The summed E-state index contributed by atoms with van der Waals surface area (Å²) in [5, 5.41) is 12.3. The van der Waals surface area contributed by atoms with Gasteiger partial charge in [-0.1, -0.05) is 6.07 Å². The molecule has 1 heterocycles. The lowest BCUT2D eigenvalue weighted by atomic mass is 9.95. The quantitative estimate of drug-likeness (QED) is 0.465. The first-order chi connectivity index (χ1) is 17.4. The molecule has 2 aromatic carbocycles. The normalized spacial score (nSPS) is 14.2.